The van der Waals surface area contributed by atoms with Gasteiger partial charge in [-0.2, -0.15) is 0 Å². The van der Waals surface area contributed by atoms with Gasteiger partial charge in [-0.15, -0.1) is 0 Å². The van der Waals surface area contributed by atoms with E-state index in [9.17, 15) is 0 Å². The predicted octanol–water partition coefficient (Wildman–Crippen LogP) is 5.12. The Morgan fingerprint density at radius 3 is 2.44 bits per heavy atom. The van der Waals surface area contributed by atoms with Gasteiger partial charge < -0.3 is 0 Å². The topological polar surface area (TPSA) is 0 Å². The molecule has 1 fully saturated rings. The Hall–Kier alpha value is -0.300. The first-order valence-electron chi connectivity index (χ1n) is 6.45. The normalized spacial score (nSPS) is 25.4. The quantitative estimate of drug-likeness (QED) is 0.657. The molecule has 16 heavy (non-hydrogen) atoms. The van der Waals surface area contributed by atoms with Crippen molar-refractivity contribution in [3.05, 3.63) is 35.4 Å². The second kappa shape index (κ2) is 5.35. The molecule has 1 aromatic carbocycles. The molecule has 0 bridgehead atoms. The lowest BCUT2D eigenvalue weighted by Crippen LogP contribution is -1.94. The fourth-order valence-corrected chi connectivity index (χ4v) is 3.30. The molecule has 0 amide bonds. The van der Waals surface area contributed by atoms with E-state index in [2.05, 4.69) is 54.0 Å². The Kier molecular flexibility index (Phi) is 4.07. The highest BCUT2D eigenvalue weighted by atomic mass is 79.9. The summed E-state index contributed by atoms with van der Waals surface area (Å²) in [5.74, 6) is 1.77. The van der Waals surface area contributed by atoms with Crippen molar-refractivity contribution in [3.8, 4) is 0 Å². The SMILES string of the molecule is CCCCc1ccc(C(Br)C2CC2C)cc1. The van der Waals surface area contributed by atoms with Crippen molar-refractivity contribution in [2.75, 3.05) is 0 Å². The molecule has 1 aromatic rings. The van der Waals surface area contributed by atoms with Gasteiger partial charge in [-0.05, 0) is 42.2 Å². The van der Waals surface area contributed by atoms with Crippen LogP contribution in [0.5, 0.6) is 0 Å². The summed E-state index contributed by atoms with van der Waals surface area (Å²) in [7, 11) is 0. The van der Waals surface area contributed by atoms with Crippen LogP contribution in [0, 0.1) is 11.8 Å². The molecule has 1 aliphatic carbocycles. The molecule has 1 heteroatoms. The van der Waals surface area contributed by atoms with Gasteiger partial charge in [0, 0.05) is 4.83 Å². The molecule has 0 saturated heterocycles. The van der Waals surface area contributed by atoms with Gasteiger partial charge in [-0.3, -0.25) is 0 Å². The summed E-state index contributed by atoms with van der Waals surface area (Å²) >= 11 is 3.83. The Morgan fingerprint density at radius 1 is 1.31 bits per heavy atom. The van der Waals surface area contributed by atoms with Crippen molar-refractivity contribution >= 4 is 15.9 Å². The second-order valence-corrected chi connectivity index (χ2v) is 6.11. The Bertz CT molecular complexity index is 328. The van der Waals surface area contributed by atoms with E-state index in [0.29, 0.717) is 4.83 Å². The molecule has 3 atom stereocenters. The summed E-state index contributed by atoms with van der Waals surface area (Å²) in [5.41, 5.74) is 2.93. The van der Waals surface area contributed by atoms with Crippen LogP contribution in [-0.4, -0.2) is 0 Å². The molecule has 1 aliphatic rings. The summed E-state index contributed by atoms with van der Waals surface area (Å²) < 4.78 is 0. The van der Waals surface area contributed by atoms with E-state index in [1.54, 1.807) is 0 Å². The first kappa shape index (κ1) is 12.2. The summed E-state index contributed by atoms with van der Waals surface area (Å²) in [6.07, 6.45) is 5.19. The molecule has 0 aromatic heterocycles. The van der Waals surface area contributed by atoms with E-state index in [1.165, 1.54) is 36.8 Å². The molecule has 2 rings (SSSR count). The molecule has 0 heterocycles. The number of halogens is 1. The van der Waals surface area contributed by atoms with Crippen LogP contribution in [0.4, 0.5) is 0 Å². The third-order valence-corrected chi connectivity index (χ3v) is 4.87. The van der Waals surface area contributed by atoms with E-state index < -0.39 is 0 Å². The number of hydrogen-bond acceptors (Lipinski definition) is 0. The van der Waals surface area contributed by atoms with Crippen LogP contribution in [0.3, 0.4) is 0 Å². The maximum absolute atomic E-state index is 3.83. The van der Waals surface area contributed by atoms with Gasteiger partial charge in [-0.1, -0.05) is 60.5 Å². The van der Waals surface area contributed by atoms with Crippen LogP contribution in [0.15, 0.2) is 24.3 Å². The molecule has 88 valence electrons. The number of unbranched alkanes of at least 4 members (excludes halogenated alkanes) is 1. The maximum Gasteiger partial charge on any atom is 0.0426 e. The molecule has 0 aliphatic heterocycles. The molecular weight excluding hydrogens is 260 g/mol. The summed E-state index contributed by atoms with van der Waals surface area (Å²) in [6, 6.07) is 9.20. The van der Waals surface area contributed by atoms with E-state index in [0.717, 1.165) is 11.8 Å². The lowest BCUT2D eigenvalue weighted by molar-refractivity contribution is 0.739. The number of hydrogen-bond donors (Lipinski definition) is 0. The Balaban J connectivity index is 1.96. The predicted molar refractivity (Wildman–Crippen MR) is 74.0 cm³/mol. The van der Waals surface area contributed by atoms with Crippen molar-refractivity contribution in [3.63, 3.8) is 0 Å². The van der Waals surface area contributed by atoms with Crippen LogP contribution in [0.1, 0.15) is 49.1 Å². The van der Waals surface area contributed by atoms with Crippen molar-refractivity contribution in [2.24, 2.45) is 11.8 Å². The highest BCUT2D eigenvalue weighted by molar-refractivity contribution is 9.09. The molecule has 0 spiro atoms. The Labute approximate surface area is 108 Å². The third kappa shape index (κ3) is 2.88. The van der Waals surface area contributed by atoms with Crippen molar-refractivity contribution in [2.45, 2.75) is 44.4 Å². The average Bonchev–Trinajstić information content (AvgIpc) is 3.03. The lowest BCUT2D eigenvalue weighted by atomic mass is 10.0. The van der Waals surface area contributed by atoms with Gasteiger partial charge in [0.15, 0.2) is 0 Å². The second-order valence-electron chi connectivity index (χ2n) is 5.12. The van der Waals surface area contributed by atoms with Crippen LogP contribution in [-0.2, 0) is 6.42 Å². The highest BCUT2D eigenvalue weighted by Gasteiger charge is 2.38. The first-order chi connectivity index (χ1) is 7.72. The van der Waals surface area contributed by atoms with Gasteiger partial charge in [0.1, 0.15) is 0 Å². The fraction of sp³-hybridized carbons (Fsp3) is 0.600. The van der Waals surface area contributed by atoms with Crippen LogP contribution < -0.4 is 0 Å². The maximum atomic E-state index is 3.83. The number of benzene rings is 1. The summed E-state index contributed by atoms with van der Waals surface area (Å²) in [6.45, 7) is 4.59. The standard InChI is InChI=1S/C15H21Br/c1-3-4-5-12-6-8-13(9-7-12)15(16)14-10-11(14)2/h6-9,11,14-15H,3-5,10H2,1-2H3. The smallest absolute Gasteiger partial charge is 0.0426 e. The molecule has 0 N–H and O–H groups in total. The van der Waals surface area contributed by atoms with Gasteiger partial charge in [0.25, 0.3) is 0 Å². The third-order valence-electron chi connectivity index (χ3n) is 3.66. The van der Waals surface area contributed by atoms with Crippen LogP contribution >= 0.6 is 15.9 Å². The van der Waals surface area contributed by atoms with E-state index in [4.69, 9.17) is 0 Å². The summed E-state index contributed by atoms with van der Waals surface area (Å²) in [5, 5.41) is 0. The monoisotopic (exact) mass is 280 g/mol. The molecular formula is C15H21Br. The van der Waals surface area contributed by atoms with E-state index in [-0.39, 0.29) is 0 Å². The Morgan fingerprint density at radius 2 is 1.94 bits per heavy atom. The zero-order valence-electron chi connectivity index (χ0n) is 10.2. The number of rotatable bonds is 5. The van der Waals surface area contributed by atoms with Crippen molar-refractivity contribution in [1.29, 1.82) is 0 Å². The minimum absolute atomic E-state index is 0.572. The largest absolute Gasteiger partial charge is 0.0836 e. The molecule has 0 nitrogen and oxygen atoms in total. The van der Waals surface area contributed by atoms with Gasteiger partial charge >= 0.3 is 0 Å². The molecule has 0 radical (unpaired) electrons. The lowest BCUT2D eigenvalue weighted by Gasteiger charge is -2.10. The van der Waals surface area contributed by atoms with Gasteiger partial charge in [0.2, 0.25) is 0 Å². The highest BCUT2D eigenvalue weighted by Crippen LogP contribution is 2.51. The fourth-order valence-electron chi connectivity index (χ4n) is 2.25. The summed E-state index contributed by atoms with van der Waals surface area (Å²) in [4.78, 5) is 0.572. The minimum atomic E-state index is 0.572. The minimum Gasteiger partial charge on any atom is -0.0836 e. The van der Waals surface area contributed by atoms with Crippen molar-refractivity contribution in [1.82, 2.24) is 0 Å². The van der Waals surface area contributed by atoms with E-state index >= 15 is 0 Å². The van der Waals surface area contributed by atoms with Crippen LogP contribution in [0.2, 0.25) is 0 Å². The van der Waals surface area contributed by atoms with Gasteiger partial charge in [-0.25, -0.2) is 0 Å². The zero-order chi connectivity index (χ0) is 11.5. The molecule has 3 unspecified atom stereocenters. The number of alkyl halides is 1. The first-order valence-corrected chi connectivity index (χ1v) is 7.37. The van der Waals surface area contributed by atoms with Crippen molar-refractivity contribution < 1.29 is 0 Å². The zero-order valence-corrected chi connectivity index (χ0v) is 11.8. The number of aryl methyl sites for hydroxylation is 1. The van der Waals surface area contributed by atoms with Gasteiger partial charge in [0.05, 0.1) is 0 Å². The van der Waals surface area contributed by atoms with Crippen LogP contribution in [0.25, 0.3) is 0 Å². The van der Waals surface area contributed by atoms with E-state index in [1.807, 2.05) is 0 Å². The average molecular weight is 281 g/mol. The molecule has 1 saturated carbocycles.